The lowest BCUT2D eigenvalue weighted by Gasteiger charge is -2.02. The quantitative estimate of drug-likeness (QED) is 0.705. The van der Waals surface area contributed by atoms with Crippen LogP contribution < -0.4 is 4.74 Å². The van der Waals surface area contributed by atoms with Crippen molar-refractivity contribution in [2.24, 2.45) is 0 Å². The SMILES string of the molecule is [3H]C([3H])([3H])Oc1ccc(-c2ccccc2)cc1. The molecule has 0 N–H and O–H groups in total. The molecule has 0 saturated heterocycles. The van der Waals surface area contributed by atoms with E-state index in [1.165, 1.54) is 0 Å². The Kier molecular flexibility index (Phi) is 1.66. The lowest BCUT2D eigenvalue weighted by atomic mass is 10.1. The van der Waals surface area contributed by atoms with E-state index >= 15 is 0 Å². The van der Waals surface area contributed by atoms with Crippen LogP contribution >= 0.6 is 0 Å². The van der Waals surface area contributed by atoms with Crippen molar-refractivity contribution in [2.45, 2.75) is 0 Å². The molecule has 0 aliphatic heterocycles. The molecule has 1 heteroatoms. The van der Waals surface area contributed by atoms with Gasteiger partial charge >= 0.3 is 0 Å². The number of methoxy groups -OCH3 is 1. The molecule has 0 unspecified atom stereocenters. The molecule has 0 aliphatic rings. The molecule has 0 aliphatic carbocycles. The highest BCUT2D eigenvalue weighted by atomic mass is 16.5. The van der Waals surface area contributed by atoms with Gasteiger partial charge in [0.05, 0.1) is 11.2 Å². The Morgan fingerprint density at radius 1 is 0.857 bits per heavy atom. The highest BCUT2D eigenvalue weighted by Crippen LogP contribution is 2.21. The summed E-state index contributed by atoms with van der Waals surface area (Å²) in [5, 5.41) is 0. The molecule has 2 rings (SSSR count). The van der Waals surface area contributed by atoms with E-state index in [-0.39, 0.29) is 0 Å². The summed E-state index contributed by atoms with van der Waals surface area (Å²) in [5.74, 6) is 0.352. The van der Waals surface area contributed by atoms with Crippen LogP contribution in [0.15, 0.2) is 54.6 Å². The lowest BCUT2D eigenvalue weighted by Crippen LogP contribution is -1.82. The smallest absolute Gasteiger partial charge is 0.118 e. The average molecular weight is 190 g/mol. The summed E-state index contributed by atoms with van der Waals surface area (Å²) >= 11 is 0. The van der Waals surface area contributed by atoms with Crippen LogP contribution in [0.25, 0.3) is 11.1 Å². The molecule has 70 valence electrons. The predicted molar refractivity (Wildman–Crippen MR) is 58.4 cm³/mol. The van der Waals surface area contributed by atoms with Gasteiger partial charge in [0.25, 0.3) is 0 Å². The van der Waals surface area contributed by atoms with Gasteiger partial charge in [-0.2, -0.15) is 0 Å². The first kappa shape index (κ1) is 5.86. The van der Waals surface area contributed by atoms with E-state index in [1.54, 1.807) is 12.1 Å². The maximum Gasteiger partial charge on any atom is 0.118 e. The molecule has 0 bridgehead atoms. The molecule has 0 saturated carbocycles. The van der Waals surface area contributed by atoms with Gasteiger partial charge in [-0.25, -0.2) is 0 Å². The summed E-state index contributed by atoms with van der Waals surface area (Å²) in [6, 6.07) is 16.9. The Labute approximate surface area is 88.2 Å². The lowest BCUT2D eigenvalue weighted by molar-refractivity contribution is 0.415. The molecule has 0 radical (unpaired) electrons. The van der Waals surface area contributed by atoms with Gasteiger partial charge in [0.1, 0.15) is 5.75 Å². The Balaban J connectivity index is 2.19. The topological polar surface area (TPSA) is 9.23 Å². The van der Waals surface area contributed by atoms with Crippen LogP contribution in [0.5, 0.6) is 5.75 Å². The van der Waals surface area contributed by atoms with Gasteiger partial charge < -0.3 is 4.74 Å². The van der Waals surface area contributed by atoms with E-state index < -0.39 is 7.04 Å². The third-order valence-corrected chi connectivity index (χ3v) is 2.08. The van der Waals surface area contributed by atoms with Gasteiger partial charge in [-0.1, -0.05) is 42.5 Å². The average Bonchev–Trinajstić information content (AvgIpc) is 2.29. The van der Waals surface area contributed by atoms with Crippen molar-refractivity contribution in [3.8, 4) is 16.9 Å². The largest absolute Gasteiger partial charge is 0.497 e. The number of rotatable bonds is 2. The number of hydrogen-bond acceptors (Lipinski definition) is 1. The molecule has 14 heavy (non-hydrogen) atoms. The van der Waals surface area contributed by atoms with E-state index in [1.807, 2.05) is 42.5 Å². The van der Waals surface area contributed by atoms with Crippen molar-refractivity contribution in [3.63, 3.8) is 0 Å². The fourth-order valence-corrected chi connectivity index (χ4v) is 1.35. The van der Waals surface area contributed by atoms with Gasteiger partial charge in [-0.15, -0.1) is 0 Å². The highest BCUT2D eigenvalue weighted by molar-refractivity contribution is 5.63. The predicted octanol–water partition coefficient (Wildman–Crippen LogP) is 3.36. The van der Waals surface area contributed by atoms with Crippen LogP contribution in [0.3, 0.4) is 0 Å². The van der Waals surface area contributed by atoms with E-state index in [2.05, 4.69) is 0 Å². The molecule has 0 heterocycles. The summed E-state index contributed by atoms with van der Waals surface area (Å²) in [6.07, 6.45) is 0. The molecular formula is C13H12O. The third-order valence-electron chi connectivity index (χ3n) is 2.08. The zero-order valence-corrected chi connectivity index (χ0v) is 7.60. The van der Waals surface area contributed by atoms with Crippen LogP contribution in [0.4, 0.5) is 0 Å². The molecule has 0 atom stereocenters. The number of benzene rings is 2. The second kappa shape index (κ2) is 3.97. The first-order valence-corrected chi connectivity index (χ1v) is 4.39. The monoisotopic (exact) mass is 190 g/mol. The van der Waals surface area contributed by atoms with Crippen molar-refractivity contribution >= 4 is 0 Å². The third kappa shape index (κ3) is 1.77. The normalized spacial score (nSPS) is 13.9. The molecule has 0 fully saturated rings. The highest BCUT2D eigenvalue weighted by Gasteiger charge is 1.95. The van der Waals surface area contributed by atoms with Crippen LogP contribution in [-0.4, -0.2) is 7.04 Å². The van der Waals surface area contributed by atoms with Gasteiger partial charge in [0.2, 0.25) is 0 Å². The zero-order valence-electron chi connectivity index (χ0n) is 10.6. The number of ether oxygens (including phenoxy) is 1. The molecule has 1 nitrogen and oxygen atoms in total. The summed E-state index contributed by atoms with van der Waals surface area (Å²) in [5.41, 5.74) is 2.12. The minimum absolute atomic E-state index is 0.352. The van der Waals surface area contributed by atoms with Crippen LogP contribution in [0.2, 0.25) is 0 Å². The first-order valence-electron chi connectivity index (χ1n) is 5.89. The van der Waals surface area contributed by atoms with Crippen molar-refractivity contribution in [3.05, 3.63) is 54.6 Å². The van der Waals surface area contributed by atoms with Crippen molar-refractivity contribution < 1.29 is 8.85 Å². The molecule has 0 aromatic heterocycles. The first-order chi connectivity index (χ1) is 8.04. The minimum Gasteiger partial charge on any atom is -0.497 e. The van der Waals surface area contributed by atoms with Crippen molar-refractivity contribution in [1.82, 2.24) is 0 Å². The molecule has 0 amide bonds. The fourth-order valence-electron chi connectivity index (χ4n) is 1.35. The Bertz CT molecular complexity index is 474. The van der Waals surface area contributed by atoms with Gasteiger partial charge in [-0.3, -0.25) is 0 Å². The van der Waals surface area contributed by atoms with Gasteiger partial charge in [0.15, 0.2) is 0 Å². The molecule has 2 aromatic rings. The van der Waals surface area contributed by atoms with Crippen molar-refractivity contribution in [2.75, 3.05) is 7.04 Å². The summed E-state index contributed by atoms with van der Waals surface area (Å²) in [7, 11) is -2.39. The van der Waals surface area contributed by atoms with E-state index in [9.17, 15) is 0 Å². The Morgan fingerprint density at radius 3 is 2.14 bits per heavy atom. The maximum absolute atomic E-state index is 7.00. The van der Waals surface area contributed by atoms with Crippen LogP contribution in [0.1, 0.15) is 4.11 Å². The minimum atomic E-state index is -2.39. The Morgan fingerprint density at radius 2 is 1.50 bits per heavy atom. The maximum atomic E-state index is 7.00. The van der Waals surface area contributed by atoms with Gasteiger partial charge in [-0.05, 0) is 23.3 Å². The van der Waals surface area contributed by atoms with E-state index in [0.29, 0.717) is 5.75 Å². The van der Waals surface area contributed by atoms with Crippen molar-refractivity contribution in [1.29, 1.82) is 0 Å². The van der Waals surface area contributed by atoms with E-state index in [4.69, 9.17) is 8.85 Å². The van der Waals surface area contributed by atoms with Gasteiger partial charge in [0, 0.05) is 0 Å². The summed E-state index contributed by atoms with van der Waals surface area (Å²) in [6.45, 7) is 0. The fraction of sp³-hybridized carbons (Fsp3) is 0.0769. The number of hydrogen-bond donors (Lipinski definition) is 0. The van der Waals surface area contributed by atoms with Crippen LogP contribution in [-0.2, 0) is 0 Å². The standard InChI is InChI=1S/C13H12O/c1-14-13-9-7-12(8-10-13)11-5-3-2-4-6-11/h2-10H,1H3/i1T3. The van der Waals surface area contributed by atoms with E-state index in [0.717, 1.165) is 11.1 Å². The second-order valence-corrected chi connectivity index (χ2v) is 2.99. The zero-order chi connectivity index (χ0) is 12.3. The molecular weight excluding hydrogens is 172 g/mol. The molecule has 0 spiro atoms. The molecule has 2 aromatic carbocycles. The van der Waals surface area contributed by atoms with Crippen LogP contribution in [0, 0.1) is 0 Å². The second-order valence-electron chi connectivity index (χ2n) is 2.99. The summed E-state index contributed by atoms with van der Waals surface area (Å²) in [4.78, 5) is 0. The Hall–Kier alpha value is -1.76. The summed E-state index contributed by atoms with van der Waals surface area (Å²) < 4.78 is 25.8.